The fourth-order valence-corrected chi connectivity index (χ4v) is 11.4. The third-order valence-corrected chi connectivity index (χ3v) is 14.2. The van der Waals surface area contributed by atoms with Crippen molar-refractivity contribution in [1.29, 1.82) is 0 Å². The van der Waals surface area contributed by atoms with Crippen LogP contribution < -0.4 is 4.90 Å². The van der Waals surface area contributed by atoms with Crippen molar-refractivity contribution in [2.24, 2.45) is 0 Å². The van der Waals surface area contributed by atoms with Crippen molar-refractivity contribution < 1.29 is 0 Å². The van der Waals surface area contributed by atoms with Crippen LogP contribution in [0.25, 0.3) is 95.3 Å². The number of nitrogens with zero attached hydrogens (tertiary/aromatic N) is 1. The lowest BCUT2D eigenvalue weighted by atomic mass is 9.93. The molecule has 0 saturated heterocycles. The zero-order chi connectivity index (χ0) is 38.9. The molecule has 0 spiro atoms. The molecule has 12 rings (SSSR count). The maximum atomic E-state index is 2.48. The van der Waals surface area contributed by atoms with Crippen molar-refractivity contribution in [3.63, 3.8) is 0 Å². The Balaban J connectivity index is 1.08. The molecule has 0 saturated carbocycles. The Morgan fingerprint density at radius 1 is 0.288 bits per heavy atom. The van der Waals surface area contributed by atoms with Crippen LogP contribution in [0.15, 0.2) is 212 Å². The van der Waals surface area contributed by atoms with E-state index in [1.807, 2.05) is 22.7 Å². The SMILES string of the molecule is c1ccc(-c2cc(-c3ccc4c(c3)sc3ccccc34)cc(N(c3ccc(-c4cc5ccccc5c5ccccc45)cc3)c3cccc4c3sc3ccccc34)c2)cc1. The number of anilines is 3. The molecule has 0 N–H and O–H groups in total. The molecule has 0 aliphatic rings. The van der Waals surface area contributed by atoms with E-state index in [0.29, 0.717) is 0 Å². The third-order valence-electron chi connectivity index (χ3n) is 11.8. The van der Waals surface area contributed by atoms with Crippen LogP contribution in [0.1, 0.15) is 0 Å². The molecule has 0 unspecified atom stereocenters. The summed E-state index contributed by atoms with van der Waals surface area (Å²) in [5.74, 6) is 0. The summed E-state index contributed by atoms with van der Waals surface area (Å²) >= 11 is 3.74. The molecule has 0 fully saturated rings. The van der Waals surface area contributed by atoms with Gasteiger partial charge in [0.15, 0.2) is 0 Å². The van der Waals surface area contributed by atoms with Crippen LogP contribution in [0.2, 0.25) is 0 Å². The third kappa shape index (κ3) is 5.73. The van der Waals surface area contributed by atoms with Crippen LogP contribution in [0.5, 0.6) is 0 Å². The van der Waals surface area contributed by atoms with Crippen molar-refractivity contribution in [1.82, 2.24) is 0 Å². The second-order valence-electron chi connectivity index (χ2n) is 15.3. The highest BCUT2D eigenvalue weighted by Gasteiger charge is 2.21. The van der Waals surface area contributed by atoms with E-state index in [1.165, 1.54) is 101 Å². The van der Waals surface area contributed by atoms with Gasteiger partial charge >= 0.3 is 0 Å². The Labute approximate surface area is 350 Å². The highest BCUT2D eigenvalue weighted by atomic mass is 32.1. The number of hydrogen-bond donors (Lipinski definition) is 0. The highest BCUT2D eigenvalue weighted by molar-refractivity contribution is 7.26. The minimum absolute atomic E-state index is 1.11. The van der Waals surface area contributed by atoms with Gasteiger partial charge in [-0.2, -0.15) is 0 Å². The van der Waals surface area contributed by atoms with Gasteiger partial charge in [0.05, 0.1) is 10.4 Å². The Morgan fingerprint density at radius 2 is 0.881 bits per heavy atom. The lowest BCUT2D eigenvalue weighted by molar-refractivity contribution is 1.30. The van der Waals surface area contributed by atoms with Crippen molar-refractivity contribution in [2.45, 2.75) is 0 Å². The van der Waals surface area contributed by atoms with Crippen LogP contribution in [0.4, 0.5) is 17.1 Å². The molecule has 1 nitrogen and oxygen atoms in total. The van der Waals surface area contributed by atoms with E-state index in [-0.39, 0.29) is 0 Å². The zero-order valence-corrected chi connectivity index (χ0v) is 33.6. The average Bonchev–Trinajstić information content (AvgIpc) is 3.88. The number of benzene rings is 10. The van der Waals surface area contributed by atoms with Gasteiger partial charge in [0.1, 0.15) is 0 Å². The first-order valence-corrected chi connectivity index (χ1v) is 21.7. The molecule has 0 atom stereocenters. The Hall–Kier alpha value is -7.04. The van der Waals surface area contributed by atoms with Gasteiger partial charge in [-0.15, -0.1) is 22.7 Å². The molecule has 3 heteroatoms. The minimum atomic E-state index is 1.11. The van der Waals surface area contributed by atoms with Gasteiger partial charge in [-0.05, 0) is 116 Å². The second-order valence-corrected chi connectivity index (χ2v) is 17.4. The largest absolute Gasteiger partial charge is 0.309 e. The van der Waals surface area contributed by atoms with E-state index < -0.39 is 0 Å². The van der Waals surface area contributed by atoms with Crippen LogP contribution in [-0.4, -0.2) is 0 Å². The van der Waals surface area contributed by atoms with Gasteiger partial charge in [-0.3, -0.25) is 0 Å². The molecule has 0 amide bonds. The van der Waals surface area contributed by atoms with Crippen LogP contribution in [0.3, 0.4) is 0 Å². The van der Waals surface area contributed by atoms with Crippen LogP contribution in [-0.2, 0) is 0 Å². The normalized spacial score (nSPS) is 11.7. The van der Waals surface area contributed by atoms with Crippen molar-refractivity contribution in [2.75, 3.05) is 4.90 Å². The smallest absolute Gasteiger partial charge is 0.0640 e. The first-order chi connectivity index (χ1) is 29.2. The van der Waals surface area contributed by atoms with E-state index in [4.69, 9.17) is 0 Å². The molecule has 10 aromatic carbocycles. The Morgan fingerprint density at radius 3 is 1.68 bits per heavy atom. The fraction of sp³-hybridized carbons (Fsp3) is 0. The maximum Gasteiger partial charge on any atom is 0.0640 e. The highest BCUT2D eigenvalue weighted by Crippen LogP contribution is 2.47. The predicted molar refractivity (Wildman–Crippen MR) is 258 cm³/mol. The number of hydrogen-bond acceptors (Lipinski definition) is 3. The minimum Gasteiger partial charge on any atom is -0.309 e. The number of thiophene rings is 2. The van der Waals surface area contributed by atoms with Crippen molar-refractivity contribution in [3.8, 4) is 33.4 Å². The van der Waals surface area contributed by atoms with Gasteiger partial charge in [0.2, 0.25) is 0 Å². The van der Waals surface area contributed by atoms with E-state index in [1.54, 1.807) is 0 Å². The maximum absolute atomic E-state index is 2.48. The summed E-state index contributed by atoms with van der Waals surface area (Å²) in [7, 11) is 0. The molecule has 0 aliphatic heterocycles. The predicted octanol–water partition coefficient (Wildman–Crippen LogP) is 17.2. The van der Waals surface area contributed by atoms with Gasteiger partial charge < -0.3 is 4.90 Å². The first kappa shape index (κ1) is 34.0. The summed E-state index contributed by atoms with van der Waals surface area (Å²) in [5.41, 5.74) is 10.6. The number of rotatable bonds is 6. The number of fused-ring (bicyclic) bond motifs is 9. The summed E-state index contributed by atoms with van der Waals surface area (Å²) < 4.78 is 5.20. The Kier molecular flexibility index (Phi) is 7.97. The van der Waals surface area contributed by atoms with Gasteiger partial charge in [-0.25, -0.2) is 0 Å². The fourth-order valence-electron chi connectivity index (χ4n) is 9.03. The second kappa shape index (κ2) is 13.8. The average molecular weight is 786 g/mol. The lowest BCUT2D eigenvalue weighted by Gasteiger charge is -2.27. The molecule has 0 aliphatic carbocycles. The standard InChI is InChI=1S/C56H35NS2/c1-2-13-36(14-3-1)40-31-41(38-27-30-49-47-19-8-10-23-53(47)58-55(49)35-38)33-43(32-40)57(52-22-12-21-50-48-20-9-11-24-54(48)59-56(50)52)42-28-25-37(26-29-42)51-34-39-15-4-5-16-44(39)45-17-6-7-18-46(45)51/h1-35H. The molecule has 2 heterocycles. The van der Waals surface area contributed by atoms with Gasteiger partial charge in [-0.1, -0.05) is 152 Å². The van der Waals surface area contributed by atoms with Crippen molar-refractivity contribution in [3.05, 3.63) is 212 Å². The summed E-state index contributed by atoms with van der Waals surface area (Å²) in [4.78, 5) is 2.48. The molecule has 0 radical (unpaired) electrons. The van der Waals surface area contributed by atoms with Crippen molar-refractivity contribution >= 4 is 102 Å². The summed E-state index contributed by atoms with van der Waals surface area (Å²) in [6.07, 6.45) is 0. The summed E-state index contributed by atoms with van der Waals surface area (Å²) in [5, 5.41) is 10.3. The van der Waals surface area contributed by atoms with E-state index in [2.05, 4.69) is 217 Å². The summed E-state index contributed by atoms with van der Waals surface area (Å²) in [6, 6.07) is 78.3. The molecule has 59 heavy (non-hydrogen) atoms. The molecule has 2 aromatic heterocycles. The monoisotopic (exact) mass is 785 g/mol. The topological polar surface area (TPSA) is 3.24 Å². The summed E-state index contributed by atoms with van der Waals surface area (Å²) in [6.45, 7) is 0. The molecular formula is C56H35NS2. The zero-order valence-electron chi connectivity index (χ0n) is 32.0. The quantitative estimate of drug-likeness (QED) is 0.152. The Bertz CT molecular complexity index is 3560. The van der Waals surface area contributed by atoms with Gasteiger partial charge in [0, 0.05) is 47.0 Å². The van der Waals surface area contributed by atoms with Gasteiger partial charge in [0.25, 0.3) is 0 Å². The molecular weight excluding hydrogens is 751 g/mol. The molecule has 276 valence electrons. The van der Waals surface area contributed by atoms with Crippen LogP contribution in [0, 0.1) is 0 Å². The lowest BCUT2D eigenvalue weighted by Crippen LogP contribution is -2.10. The van der Waals surface area contributed by atoms with E-state index in [9.17, 15) is 0 Å². The first-order valence-electron chi connectivity index (χ1n) is 20.1. The molecule has 0 bridgehead atoms. The van der Waals surface area contributed by atoms with E-state index >= 15 is 0 Å². The molecule has 12 aromatic rings. The van der Waals surface area contributed by atoms with Crippen LogP contribution >= 0.6 is 22.7 Å². The van der Waals surface area contributed by atoms with E-state index in [0.717, 1.165) is 11.4 Å².